The van der Waals surface area contributed by atoms with E-state index < -0.39 is 29.6 Å². The molecule has 2 heterocycles. The molecule has 10 heteroatoms. The van der Waals surface area contributed by atoms with Gasteiger partial charge in [-0.05, 0) is 43.7 Å². The first kappa shape index (κ1) is 24.0. The number of nitrogens with one attached hydrogen (secondary N) is 1. The average Bonchev–Trinajstić information content (AvgIpc) is 3.11. The van der Waals surface area contributed by atoms with Crippen LogP contribution in [0.4, 0.5) is 5.69 Å². The number of hydrogen-bond donors (Lipinski definition) is 3. The van der Waals surface area contributed by atoms with E-state index in [1.165, 1.54) is 24.3 Å². The first-order chi connectivity index (χ1) is 16.7. The number of nitro benzene ring substituents is 1. The van der Waals surface area contributed by atoms with Gasteiger partial charge in [0.15, 0.2) is 0 Å². The quantitative estimate of drug-likeness (QED) is 0.275. The van der Waals surface area contributed by atoms with E-state index in [0.717, 1.165) is 17.0 Å². The summed E-state index contributed by atoms with van der Waals surface area (Å²) in [7, 11) is 1.84. The molecule has 4 rings (SSSR count). The van der Waals surface area contributed by atoms with Gasteiger partial charge in [0.05, 0.1) is 40.0 Å². The zero-order valence-corrected chi connectivity index (χ0v) is 19.5. The minimum Gasteiger partial charge on any atom is -0.394 e. The van der Waals surface area contributed by atoms with Crippen LogP contribution in [0.1, 0.15) is 33.4 Å². The summed E-state index contributed by atoms with van der Waals surface area (Å²) >= 11 is 0. The van der Waals surface area contributed by atoms with Crippen LogP contribution in [0.25, 0.3) is 22.2 Å². The molecule has 2 atom stereocenters. The Bertz CT molecular complexity index is 1410. The number of carbonyl (C=O) groups is 1. The molecule has 2 unspecified atom stereocenters. The molecule has 4 aromatic rings. The second kappa shape index (κ2) is 9.61. The molecule has 10 nitrogen and oxygen atoms in total. The topological polar surface area (TPSA) is 143 Å². The lowest BCUT2D eigenvalue weighted by Gasteiger charge is -2.23. The molecule has 180 valence electrons. The van der Waals surface area contributed by atoms with Crippen molar-refractivity contribution in [2.24, 2.45) is 7.05 Å². The number of fused-ring (bicyclic) bond motifs is 1. The number of aromatic nitrogens is 3. The number of nitro groups is 1. The minimum atomic E-state index is -1.28. The van der Waals surface area contributed by atoms with Gasteiger partial charge >= 0.3 is 0 Å². The molecular weight excluding hydrogens is 450 g/mol. The van der Waals surface area contributed by atoms with Crippen LogP contribution in [0.15, 0.2) is 54.6 Å². The first-order valence-corrected chi connectivity index (χ1v) is 11.0. The van der Waals surface area contributed by atoms with Gasteiger partial charge in [0.2, 0.25) is 0 Å². The Morgan fingerprint density at radius 3 is 2.46 bits per heavy atom. The molecule has 2 aromatic heterocycles. The SMILES string of the molecule is Cc1nn(C)c(C)c1-c1cc(C(=O)NC(CO)C(O)c2ccc([N+](=O)[O-])cc2)c2ccccc2n1. The molecule has 35 heavy (non-hydrogen) atoms. The number of amides is 1. The van der Waals surface area contributed by atoms with Crippen molar-refractivity contribution < 1.29 is 19.9 Å². The Balaban J connectivity index is 1.70. The van der Waals surface area contributed by atoms with Crippen molar-refractivity contribution in [1.29, 1.82) is 0 Å². The largest absolute Gasteiger partial charge is 0.394 e. The summed E-state index contributed by atoms with van der Waals surface area (Å²) in [4.78, 5) is 28.5. The van der Waals surface area contributed by atoms with E-state index in [4.69, 9.17) is 4.98 Å². The van der Waals surface area contributed by atoms with Gasteiger partial charge in [-0.3, -0.25) is 19.6 Å². The van der Waals surface area contributed by atoms with Gasteiger partial charge in [-0.25, -0.2) is 4.98 Å². The molecule has 0 radical (unpaired) electrons. The minimum absolute atomic E-state index is 0.123. The fourth-order valence-corrected chi connectivity index (χ4v) is 4.13. The van der Waals surface area contributed by atoms with Crippen LogP contribution in [0.5, 0.6) is 0 Å². The maximum Gasteiger partial charge on any atom is 0.269 e. The third-order valence-corrected chi connectivity index (χ3v) is 6.07. The third kappa shape index (κ3) is 4.61. The number of para-hydroxylation sites is 1. The third-order valence-electron chi connectivity index (χ3n) is 6.07. The van der Waals surface area contributed by atoms with Gasteiger partial charge in [0, 0.05) is 35.8 Å². The molecule has 1 amide bonds. The van der Waals surface area contributed by atoms with E-state index in [1.54, 1.807) is 22.9 Å². The second-order valence-electron chi connectivity index (χ2n) is 8.30. The number of aliphatic hydroxyl groups is 2. The molecule has 0 saturated carbocycles. The van der Waals surface area contributed by atoms with Gasteiger partial charge in [-0.1, -0.05) is 18.2 Å². The van der Waals surface area contributed by atoms with Crippen molar-refractivity contribution in [2.45, 2.75) is 26.0 Å². The molecule has 0 bridgehead atoms. The molecule has 0 fully saturated rings. The predicted molar refractivity (Wildman–Crippen MR) is 130 cm³/mol. The summed E-state index contributed by atoms with van der Waals surface area (Å²) in [6, 6.07) is 13.2. The van der Waals surface area contributed by atoms with Crippen LogP contribution in [0.2, 0.25) is 0 Å². The number of aryl methyl sites for hydroxylation is 2. The molecule has 2 aromatic carbocycles. The molecule has 0 aliphatic rings. The smallest absolute Gasteiger partial charge is 0.269 e. The van der Waals surface area contributed by atoms with Crippen molar-refractivity contribution in [1.82, 2.24) is 20.1 Å². The Morgan fingerprint density at radius 2 is 1.86 bits per heavy atom. The summed E-state index contributed by atoms with van der Waals surface area (Å²) in [5, 5.41) is 39.3. The Hall–Kier alpha value is -4.15. The van der Waals surface area contributed by atoms with E-state index in [0.29, 0.717) is 27.7 Å². The molecule has 0 spiro atoms. The van der Waals surface area contributed by atoms with Gasteiger partial charge < -0.3 is 15.5 Å². The Kier molecular flexibility index (Phi) is 6.59. The summed E-state index contributed by atoms with van der Waals surface area (Å²) in [5.41, 5.74) is 4.26. The molecule has 0 saturated heterocycles. The van der Waals surface area contributed by atoms with Gasteiger partial charge in [-0.2, -0.15) is 5.10 Å². The number of benzene rings is 2. The van der Waals surface area contributed by atoms with Crippen LogP contribution in [0, 0.1) is 24.0 Å². The normalized spacial score (nSPS) is 12.9. The number of carbonyl (C=O) groups excluding carboxylic acids is 1. The molecule has 3 N–H and O–H groups in total. The van der Waals surface area contributed by atoms with Gasteiger partial charge in [0.25, 0.3) is 11.6 Å². The van der Waals surface area contributed by atoms with Crippen LogP contribution in [-0.4, -0.2) is 48.5 Å². The summed E-state index contributed by atoms with van der Waals surface area (Å²) in [6.07, 6.45) is -1.28. The maximum absolute atomic E-state index is 13.4. The summed E-state index contributed by atoms with van der Waals surface area (Å²) < 4.78 is 1.75. The lowest BCUT2D eigenvalue weighted by molar-refractivity contribution is -0.384. The van der Waals surface area contributed by atoms with Gasteiger partial charge in [0.1, 0.15) is 6.10 Å². The molecular formula is C25H25N5O5. The lowest BCUT2D eigenvalue weighted by atomic mass is 10.00. The van der Waals surface area contributed by atoms with E-state index in [9.17, 15) is 25.1 Å². The highest BCUT2D eigenvalue weighted by Gasteiger charge is 2.25. The first-order valence-electron chi connectivity index (χ1n) is 11.0. The lowest BCUT2D eigenvalue weighted by Crippen LogP contribution is -2.42. The van der Waals surface area contributed by atoms with Crippen molar-refractivity contribution in [3.05, 3.63) is 87.2 Å². The fraction of sp³-hybridized carbons (Fsp3) is 0.240. The number of non-ortho nitro benzene ring substituents is 1. The number of pyridine rings is 1. The highest BCUT2D eigenvalue weighted by atomic mass is 16.6. The number of nitrogens with zero attached hydrogens (tertiary/aromatic N) is 4. The monoisotopic (exact) mass is 475 g/mol. The van der Waals surface area contributed by atoms with Crippen molar-refractivity contribution in [3.63, 3.8) is 0 Å². The highest BCUT2D eigenvalue weighted by molar-refractivity contribution is 6.07. The summed E-state index contributed by atoms with van der Waals surface area (Å²) in [5.74, 6) is -0.496. The standard InChI is InChI=1S/C25H25N5O5/c1-14-23(15(2)29(3)28-14)21-12-19(18-6-4-5-7-20(18)26-21)25(33)27-22(13-31)24(32)16-8-10-17(11-9-16)30(34)35/h4-12,22,24,31-32H,13H2,1-3H3,(H,27,33). The Morgan fingerprint density at radius 1 is 1.17 bits per heavy atom. The second-order valence-corrected chi connectivity index (χ2v) is 8.30. The maximum atomic E-state index is 13.4. The van der Waals surface area contributed by atoms with Crippen LogP contribution < -0.4 is 5.32 Å². The van der Waals surface area contributed by atoms with E-state index in [2.05, 4.69) is 10.4 Å². The molecule has 0 aliphatic heterocycles. The highest BCUT2D eigenvalue weighted by Crippen LogP contribution is 2.29. The van der Waals surface area contributed by atoms with E-state index in [-0.39, 0.29) is 5.69 Å². The van der Waals surface area contributed by atoms with Crippen molar-refractivity contribution >= 4 is 22.5 Å². The van der Waals surface area contributed by atoms with Crippen LogP contribution in [-0.2, 0) is 7.05 Å². The number of rotatable bonds is 7. The molecule has 0 aliphatic carbocycles. The van der Waals surface area contributed by atoms with Gasteiger partial charge in [-0.15, -0.1) is 0 Å². The van der Waals surface area contributed by atoms with Crippen molar-refractivity contribution in [3.8, 4) is 11.3 Å². The predicted octanol–water partition coefficient (Wildman–Crippen LogP) is 2.98. The van der Waals surface area contributed by atoms with Crippen LogP contribution >= 0.6 is 0 Å². The van der Waals surface area contributed by atoms with Crippen LogP contribution in [0.3, 0.4) is 0 Å². The Labute approximate surface area is 201 Å². The fourth-order valence-electron chi connectivity index (χ4n) is 4.13. The number of hydrogen-bond acceptors (Lipinski definition) is 7. The van der Waals surface area contributed by atoms with E-state index >= 15 is 0 Å². The van der Waals surface area contributed by atoms with Crippen molar-refractivity contribution in [2.75, 3.05) is 6.61 Å². The average molecular weight is 476 g/mol. The number of aliphatic hydroxyl groups excluding tert-OH is 2. The van der Waals surface area contributed by atoms with E-state index in [1.807, 2.05) is 33.0 Å². The summed E-state index contributed by atoms with van der Waals surface area (Å²) in [6.45, 7) is 3.26. The zero-order chi connectivity index (χ0) is 25.3. The zero-order valence-electron chi connectivity index (χ0n) is 19.5.